The lowest BCUT2D eigenvalue weighted by Crippen LogP contribution is -2.47. The standard InChI is InChI=1S/C11H24N2O/c1-4-5-12-6-7-13-8-10(2)14-11(3)9-13/h10-12H,4-9H2,1-3H3. The Labute approximate surface area is 87.8 Å². The average Bonchev–Trinajstić information content (AvgIpc) is 2.11. The molecule has 1 aliphatic heterocycles. The molecule has 1 N–H and O–H groups in total. The van der Waals surface area contributed by atoms with E-state index in [1.54, 1.807) is 0 Å². The third kappa shape index (κ3) is 4.40. The van der Waals surface area contributed by atoms with Crippen LogP contribution in [0.1, 0.15) is 27.2 Å². The van der Waals surface area contributed by atoms with E-state index in [0.29, 0.717) is 12.2 Å². The van der Waals surface area contributed by atoms with Crippen molar-refractivity contribution >= 4 is 0 Å². The van der Waals surface area contributed by atoms with Gasteiger partial charge in [-0.05, 0) is 26.8 Å². The number of rotatable bonds is 5. The van der Waals surface area contributed by atoms with Gasteiger partial charge in [0.15, 0.2) is 0 Å². The van der Waals surface area contributed by atoms with Crippen molar-refractivity contribution in [3.8, 4) is 0 Å². The summed E-state index contributed by atoms with van der Waals surface area (Å²) in [4.78, 5) is 2.49. The van der Waals surface area contributed by atoms with Crippen molar-refractivity contribution in [2.75, 3.05) is 32.7 Å². The van der Waals surface area contributed by atoms with Gasteiger partial charge in [-0.15, -0.1) is 0 Å². The van der Waals surface area contributed by atoms with Crippen LogP contribution in [0.15, 0.2) is 0 Å². The molecule has 0 spiro atoms. The van der Waals surface area contributed by atoms with Gasteiger partial charge >= 0.3 is 0 Å². The number of nitrogens with one attached hydrogen (secondary N) is 1. The molecule has 3 nitrogen and oxygen atoms in total. The molecule has 0 aromatic carbocycles. The van der Waals surface area contributed by atoms with Gasteiger partial charge in [0, 0.05) is 26.2 Å². The normalized spacial score (nSPS) is 29.4. The summed E-state index contributed by atoms with van der Waals surface area (Å²) < 4.78 is 5.68. The van der Waals surface area contributed by atoms with Crippen LogP contribution >= 0.6 is 0 Å². The van der Waals surface area contributed by atoms with Crippen molar-refractivity contribution in [2.45, 2.75) is 39.4 Å². The predicted octanol–water partition coefficient (Wildman–Crippen LogP) is 1.10. The Kier molecular flexibility index (Phi) is 5.45. The van der Waals surface area contributed by atoms with Gasteiger partial charge in [-0.3, -0.25) is 4.90 Å². The van der Waals surface area contributed by atoms with Gasteiger partial charge < -0.3 is 10.1 Å². The Morgan fingerprint density at radius 2 is 1.86 bits per heavy atom. The molecule has 0 bridgehead atoms. The van der Waals surface area contributed by atoms with Gasteiger partial charge in [-0.1, -0.05) is 6.92 Å². The number of hydrogen-bond donors (Lipinski definition) is 1. The lowest BCUT2D eigenvalue weighted by Gasteiger charge is -2.35. The van der Waals surface area contributed by atoms with Gasteiger partial charge in [0.25, 0.3) is 0 Å². The van der Waals surface area contributed by atoms with Gasteiger partial charge in [-0.2, -0.15) is 0 Å². The molecular formula is C11H24N2O. The highest BCUT2D eigenvalue weighted by molar-refractivity contribution is 4.73. The Hall–Kier alpha value is -0.120. The molecule has 1 heterocycles. The molecule has 0 radical (unpaired) electrons. The number of nitrogens with zero attached hydrogens (tertiary/aromatic N) is 1. The second kappa shape index (κ2) is 6.38. The molecule has 2 unspecified atom stereocenters. The average molecular weight is 200 g/mol. The third-order valence-electron chi connectivity index (χ3n) is 2.53. The zero-order chi connectivity index (χ0) is 10.4. The Balaban J connectivity index is 2.10. The quantitative estimate of drug-likeness (QED) is 0.673. The maximum atomic E-state index is 5.68. The first-order valence-electron chi connectivity index (χ1n) is 5.81. The molecule has 1 aliphatic rings. The van der Waals surface area contributed by atoms with Crippen LogP contribution in [0.25, 0.3) is 0 Å². The lowest BCUT2D eigenvalue weighted by atomic mass is 10.2. The van der Waals surface area contributed by atoms with Crippen LogP contribution in [0, 0.1) is 0 Å². The Morgan fingerprint density at radius 3 is 2.43 bits per heavy atom. The van der Waals surface area contributed by atoms with Crippen LogP contribution in [-0.2, 0) is 4.74 Å². The van der Waals surface area contributed by atoms with E-state index in [0.717, 1.165) is 32.7 Å². The Bertz CT molecular complexity index is 142. The summed E-state index contributed by atoms with van der Waals surface area (Å²) in [5.41, 5.74) is 0. The van der Waals surface area contributed by atoms with Crippen LogP contribution in [0.2, 0.25) is 0 Å². The van der Waals surface area contributed by atoms with Crippen molar-refractivity contribution in [3.05, 3.63) is 0 Å². The van der Waals surface area contributed by atoms with Crippen LogP contribution in [0.3, 0.4) is 0 Å². The fourth-order valence-electron chi connectivity index (χ4n) is 2.01. The maximum absolute atomic E-state index is 5.68. The molecule has 1 fully saturated rings. The summed E-state index contributed by atoms with van der Waals surface area (Å²) in [7, 11) is 0. The number of hydrogen-bond acceptors (Lipinski definition) is 3. The largest absolute Gasteiger partial charge is 0.373 e. The molecule has 1 rings (SSSR count). The summed E-state index contributed by atoms with van der Waals surface area (Å²) in [6.07, 6.45) is 2.01. The molecule has 14 heavy (non-hydrogen) atoms. The second-order valence-electron chi connectivity index (χ2n) is 4.27. The molecule has 0 aliphatic carbocycles. The highest BCUT2D eigenvalue weighted by atomic mass is 16.5. The molecule has 0 amide bonds. The molecule has 1 saturated heterocycles. The first-order valence-corrected chi connectivity index (χ1v) is 5.81. The van der Waals surface area contributed by atoms with E-state index < -0.39 is 0 Å². The zero-order valence-corrected chi connectivity index (χ0v) is 9.75. The van der Waals surface area contributed by atoms with E-state index in [1.807, 2.05) is 0 Å². The topological polar surface area (TPSA) is 24.5 Å². The number of morpholine rings is 1. The summed E-state index contributed by atoms with van der Waals surface area (Å²) in [6, 6.07) is 0. The minimum absolute atomic E-state index is 0.393. The predicted molar refractivity (Wildman–Crippen MR) is 59.6 cm³/mol. The van der Waals surface area contributed by atoms with Crippen LogP contribution < -0.4 is 5.32 Å². The smallest absolute Gasteiger partial charge is 0.0678 e. The van der Waals surface area contributed by atoms with Crippen LogP contribution in [0.5, 0.6) is 0 Å². The monoisotopic (exact) mass is 200 g/mol. The minimum atomic E-state index is 0.393. The summed E-state index contributed by atoms with van der Waals surface area (Å²) in [6.45, 7) is 12.1. The summed E-state index contributed by atoms with van der Waals surface area (Å²) >= 11 is 0. The van der Waals surface area contributed by atoms with E-state index in [4.69, 9.17) is 4.74 Å². The second-order valence-corrected chi connectivity index (χ2v) is 4.27. The van der Waals surface area contributed by atoms with Crippen molar-refractivity contribution in [1.82, 2.24) is 10.2 Å². The van der Waals surface area contributed by atoms with E-state index in [9.17, 15) is 0 Å². The van der Waals surface area contributed by atoms with Gasteiger partial charge in [0.1, 0.15) is 0 Å². The molecule has 84 valence electrons. The molecule has 2 atom stereocenters. The third-order valence-corrected chi connectivity index (χ3v) is 2.53. The SMILES string of the molecule is CCCNCCN1CC(C)OC(C)C1. The molecule has 3 heteroatoms. The molecule has 0 aromatic rings. The van der Waals surface area contributed by atoms with Crippen molar-refractivity contribution in [1.29, 1.82) is 0 Å². The van der Waals surface area contributed by atoms with Crippen LogP contribution in [-0.4, -0.2) is 49.8 Å². The highest BCUT2D eigenvalue weighted by Crippen LogP contribution is 2.09. The van der Waals surface area contributed by atoms with E-state index in [2.05, 4.69) is 31.0 Å². The highest BCUT2D eigenvalue weighted by Gasteiger charge is 2.21. The van der Waals surface area contributed by atoms with Crippen LogP contribution in [0.4, 0.5) is 0 Å². The van der Waals surface area contributed by atoms with E-state index in [-0.39, 0.29) is 0 Å². The molecule has 0 aromatic heterocycles. The van der Waals surface area contributed by atoms with Gasteiger partial charge in [0.2, 0.25) is 0 Å². The zero-order valence-electron chi connectivity index (χ0n) is 9.75. The summed E-state index contributed by atoms with van der Waals surface area (Å²) in [5.74, 6) is 0. The van der Waals surface area contributed by atoms with E-state index >= 15 is 0 Å². The van der Waals surface area contributed by atoms with Gasteiger partial charge in [-0.25, -0.2) is 0 Å². The van der Waals surface area contributed by atoms with Crippen molar-refractivity contribution < 1.29 is 4.74 Å². The first-order chi connectivity index (χ1) is 6.72. The lowest BCUT2D eigenvalue weighted by molar-refractivity contribution is -0.0674. The maximum Gasteiger partial charge on any atom is 0.0678 e. The van der Waals surface area contributed by atoms with Crippen molar-refractivity contribution in [2.24, 2.45) is 0 Å². The fourth-order valence-corrected chi connectivity index (χ4v) is 2.01. The van der Waals surface area contributed by atoms with Crippen molar-refractivity contribution in [3.63, 3.8) is 0 Å². The molecule has 0 saturated carbocycles. The fraction of sp³-hybridized carbons (Fsp3) is 1.00. The first kappa shape index (κ1) is 12.0. The van der Waals surface area contributed by atoms with Gasteiger partial charge in [0.05, 0.1) is 12.2 Å². The summed E-state index contributed by atoms with van der Waals surface area (Å²) in [5, 5.41) is 3.43. The molecular weight excluding hydrogens is 176 g/mol. The Morgan fingerprint density at radius 1 is 1.21 bits per heavy atom. The van der Waals surface area contributed by atoms with E-state index in [1.165, 1.54) is 6.42 Å². The number of ether oxygens (including phenoxy) is 1. The minimum Gasteiger partial charge on any atom is -0.373 e.